The molecule has 1 aromatic heterocycles. The minimum atomic E-state index is -3.67. The second-order valence-corrected chi connectivity index (χ2v) is 5.98. The van der Waals surface area contributed by atoms with Gasteiger partial charge in [-0.3, -0.25) is 0 Å². The number of carbonyl (C=O) groups is 1. The van der Waals surface area contributed by atoms with Gasteiger partial charge in [0.05, 0.1) is 16.7 Å². The molecule has 0 aliphatic heterocycles. The minimum Gasteiger partial charge on any atom is -0.478 e. The van der Waals surface area contributed by atoms with Crippen molar-refractivity contribution in [3.63, 3.8) is 0 Å². The number of aryl methyl sites for hydroxylation is 1. The molecule has 0 saturated heterocycles. The number of aromatic nitrogens is 1. The fourth-order valence-corrected chi connectivity index (χ4v) is 3.19. The molecule has 0 saturated carbocycles. The van der Waals surface area contributed by atoms with E-state index in [1.807, 2.05) is 0 Å². The molecule has 100 valence electrons. The van der Waals surface area contributed by atoms with Crippen LogP contribution < -0.4 is 0 Å². The van der Waals surface area contributed by atoms with Crippen LogP contribution in [0.5, 0.6) is 0 Å². The highest BCUT2D eigenvalue weighted by atomic mass is 32.2. The summed E-state index contributed by atoms with van der Waals surface area (Å²) in [4.78, 5) is 10.9. The summed E-state index contributed by atoms with van der Waals surface area (Å²) in [6.45, 7) is 1.61. The van der Waals surface area contributed by atoms with Crippen LogP contribution in [0.3, 0.4) is 0 Å². The molecule has 1 heterocycles. The van der Waals surface area contributed by atoms with Crippen molar-refractivity contribution in [1.82, 2.24) is 5.16 Å². The predicted octanol–water partition coefficient (Wildman–Crippen LogP) is 1.66. The van der Waals surface area contributed by atoms with E-state index in [1.54, 1.807) is 6.92 Å². The van der Waals surface area contributed by atoms with Gasteiger partial charge in [-0.05, 0) is 24.6 Å². The standard InChI is InChI=1S/C12H11NO5S/c1-8-2-3-9(12(14)15)6-11(8)19(16,17)7-10-4-5-13-18-10/h2-6H,7H2,1H3,(H,14,15). The lowest BCUT2D eigenvalue weighted by Crippen LogP contribution is -2.08. The summed E-state index contributed by atoms with van der Waals surface area (Å²) in [7, 11) is -3.67. The third kappa shape index (κ3) is 2.82. The molecule has 0 fully saturated rings. The van der Waals surface area contributed by atoms with Crippen LogP contribution in [-0.2, 0) is 15.6 Å². The van der Waals surface area contributed by atoms with Crippen molar-refractivity contribution >= 4 is 15.8 Å². The monoisotopic (exact) mass is 281 g/mol. The fraction of sp³-hybridized carbons (Fsp3) is 0.167. The SMILES string of the molecule is Cc1ccc(C(=O)O)cc1S(=O)(=O)Cc1ccno1. The van der Waals surface area contributed by atoms with Gasteiger partial charge in [0.1, 0.15) is 5.75 Å². The van der Waals surface area contributed by atoms with Crippen molar-refractivity contribution in [3.05, 3.63) is 47.3 Å². The molecule has 0 unspecified atom stereocenters. The van der Waals surface area contributed by atoms with E-state index in [1.165, 1.54) is 24.4 Å². The van der Waals surface area contributed by atoms with E-state index in [2.05, 4.69) is 5.16 Å². The Kier molecular flexibility index (Phi) is 3.39. The molecule has 0 amide bonds. The number of rotatable bonds is 4. The van der Waals surface area contributed by atoms with Crippen LogP contribution in [-0.4, -0.2) is 24.7 Å². The highest BCUT2D eigenvalue weighted by molar-refractivity contribution is 7.90. The number of hydrogen-bond donors (Lipinski definition) is 1. The molecule has 1 N–H and O–H groups in total. The third-order valence-electron chi connectivity index (χ3n) is 2.59. The van der Waals surface area contributed by atoms with Crippen LogP contribution in [0.1, 0.15) is 21.7 Å². The van der Waals surface area contributed by atoms with E-state index in [0.29, 0.717) is 5.56 Å². The highest BCUT2D eigenvalue weighted by Gasteiger charge is 2.21. The van der Waals surface area contributed by atoms with E-state index in [9.17, 15) is 13.2 Å². The first kappa shape index (κ1) is 13.3. The molecule has 6 nitrogen and oxygen atoms in total. The van der Waals surface area contributed by atoms with Gasteiger partial charge in [-0.2, -0.15) is 0 Å². The highest BCUT2D eigenvalue weighted by Crippen LogP contribution is 2.21. The zero-order chi connectivity index (χ0) is 14.0. The number of sulfone groups is 1. The van der Waals surface area contributed by atoms with Crippen molar-refractivity contribution in [3.8, 4) is 0 Å². The summed E-state index contributed by atoms with van der Waals surface area (Å²) < 4.78 is 29.2. The summed E-state index contributed by atoms with van der Waals surface area (Å²) in [5.41, 5.74) is 0.422. The fourth-order valence-electron chi connectivity index (χ4n) is 1.65. The van der Waals surface area contributed by atoms with Crippen LogP contribution >= 0.6 is 0 Å². The van der Waals surface area contributed by atoms with Crippen molar-refractivity contribution in [1.29, 1.82) is 0 Å². The number of carboxylic acid groups (broad SMARTS) is 1. The van der Waals surface area contributed by atoms with Gasteiger partial charge in [0.25, 0.3) is 0 Å². The first-order valence-corrected chi connectivity index (χ1v) is 7.01. The Balaban J connectivity index is 2.45. The predicted molar refractivity (Wildman–Crippen MR) is 65.5 cm³/mol. The van der Waals surface area contributed by atoms with Crippen molar-refractivity contribution in [2.24, 2.45) is 0 Å². The van der Waals surface area contributed by atoms with Crippen LogP contribution in [0.25, 0.3) is 0 Å². The van der Waals surface area contributed by atoms with Gasteiger partial charge in [0.2, 0.25) is 0 Å². The zero-order valence-electron chi connectivity index (χ0n) is 10.0. The zero-order valence-corrected chi connectivity index (χ0v) is 10.8. The average molecular weight is 281 g/mol. The lowest BCUT2D eigenvalue weighted by molar-refractivity contribution is 0.0696. The molecule has 19 heavy (non-hydrogen) atoms. The maximum absolute atomic E-state index is 12.2. The number of hydrogen-bond acceptors (Lipinski definition) is 5. The van der Waals surface area contributed by atoms with Crippen molar-refractivity contribution < 1.29 is 22.8 Å². The minimum absolute atomic E-state index is 0.0104. The van der Waals surface area contributed by atoms with Gasteiger partial charge in [-0.1, -0.05) is 11.2 Å². The Bertz CT molecular complexity index is 704. The van der Waals surface area contributed by atoms with Gasteiger partial charge in [-0.15, -0.1) is 0 Å². The Morgan fingerprint density at radius 2 is 2.11 bits per heavy atom. The smallest absolute Gasteiger partial charge is 0.335 e. The van der Waals surface area contributed by atoms with Crippen molar-refractivity contribution in [2.75, 3.05) is 0 Å². The largest absolute Gasteiger partial charge is 0.478 e. The topological polar surface area (TPSA) is 97.5 Å². The Morgan fingerprint density at radius 1 is 1.37 bits per heavy atom. The molecule has 7 heteroatoms. The number of nitrogens with zero attached hydrogens (tertiary/aromatic N) is 1. The van der Waals surface area contributed by atoms with Gasteiger partial charge in [0, 0.05) is 6.07 Å². The summed E-state index contributed by atoms with van der Waals surface area (Å²) in [6.07, 6.45) is 1.35. The van der Waals surface area contributed by atoms with Crippen LogP contribution in [0, 0.1) is 6.92 Å². The Hall–Kier alpha value is -2.15. The quantitative estimate of drug-likeness (QED) is 0.915. The second kappa shape index (κ2) is 4.85. The number of carboxylic acids is 1. The molecule has 1 aromatic carbocycles. The summed E-state index contributed by atoms with van der Waals surface area (Å²) in [5, 5.41) is 12.3. The molecule has 0 bridgehead atoms. The molecule has 0 radical (unpaired) electrons. The lowest BCUT2D eigenvalue weighted by atomic mass is 10.1. The van der Waals surface area contributed by atoms with E-state index >= 15 is 0 Å². The maximum Gasteiger partial charge on any atom is 0.335 e. The van der Waals surface area contributed by atoms with Crippen LogP contribution in [0.2, 0.25) is 0 Å². The molecule has 0 aliphatic rings. The molecule has 2 aromatic rings. The Morgan fingerprint density at radius 3 is 2.68 bits per heavy atom. The van der Waals surface area contributed by atoms with Gasteiger partial charge < -0.3 is 9.63 Å². The second-order valence-electron chi connectivity index (χ2n) is 4.02. The third-order valence-corrected chi connectivity index (χ3v) is 4.37. The lowest BCUT2D eigenvalue weighted by Gasteiger charge is -2.07. The first-order valence-electron chi connectivity index (χ1n) is 5.36. The summed E-state index contributed by atoms with van der Waals surface area (Å²) in [6, 6.07) is 5.44. The van der Waals surface area contributed by atoms with Crippen molar-refractivity contribution in [2.45, 2.75) is 17.6 Å². The maximum atomic E-state index is 12.2. The van der Waals surface area contributed by atoms with E-state index in [0.717, 1.165) is 6.07 Å². The number of benzene rings is 1. The number of aromatic carboxylic acids is 1. The van der Waals surface area contributed by atoms with E-state index < -0.39 is 15.8 Å². The molecule has 2 rings (SSSR count). The average Bonchev–Trinajstić information content (AvgIpc) is 2.81. The van der Waals surface area contributed by atoms with Gasteiger partial charge >= 0.3 is 5.97 Å². The Labute approximate surface area is 109 Å². The molecule has 0 atom stereocenters. The summed E-state index contributed by atoms with van der Waals surface area (Å²) >= 11 is 0. The molecule has 0 aliphatic carbocycles. The molecular formula is C12H11NO5S. The normalized spacial score (nSPS) is 11.4. The van der Waals surface area contributed by atoms with Crippen LogP contribution in [0.4, 0.5) is 0 Å². The first-order chi connectivity index (χ1) is 8.90. The molecular weight excluding hydrogens is 270 g/mol. The van der Waals surface area contributed by atoms with Gasteiger partial charge in [-0.25, -0.2) is 13.2 Å². The van der Waals surface area contributed by atoms with E-state index in [-0.39, 0.29) is 22.0 Å². The van der Waals surface area contributed by atoms with E-state index in [4.69, 9.17) is 9.63 Å². The van der Waals surface area contributed by atoms with Gasteiger partial charge in [0.15, 0.2) is 15.6 Å². The molecule has 0 spiro atoms. The van der Waals surface area contributed by atoms with Crippen LogP contribution in [0.15, 0.2) is 39.9 Å². The summed E-state index contributed by atoms with van der Waals surface area (Å²) in [5.74, 6) is -1.31.